The summed E-state index contributed by atoms with van der Waals surface area (Å²) in [6, 6.07) is 7.96. The molecule has 3 rings (SSSR count). The van der Waals surface area contributed by atoms with Gasteiger partial charge in [0, 0.05) is 50.1 Å². The van der Waals surface area contributed by atoms with Crippen LogP contribution in [0.3, 0.4) is 0 Å². The van der Waals surface area contributed by atoms with Crippen molar-refractivity contribution in [3.8, 4) is 0 Å². The van der Waals surface area contributed by atoms with Crippen molar-refractivity contribution in [1.82, 2.24) is 15.5 Å². The molecule has 2 N–H and O–H groups in total. The fraction of sp³-hybridized carbons (Fsp3) is 0.758. The number of methoxy groups -OCH3 is 1. The van der Waals surface area contributed by atoms with Crippen molar-refractivity contribution in [2.75, 3.05) is 40.4 Å². The first-order valence-corrected chi connectivity index (χ1v) is 16.2. The van der Waals surface area contributed by atoms with E-state index in [1.54, 1.807) is 7.11 Å². The Morgan fingerprint density at radius 2 is 1.90 bits per heavy atom. The quantitative estimate of drug-likeness (QED) is 0.232. The number of piperidine rings is 1. The maximum Gasteiger partial charge on any atom is 0.223 e. The third-order valence-electron chi connectivity index (χ3n) is 9.20. The third-order valence-corrected chi connectivity index (χ3v) is 9.43. The van der Waals surface area contributed by atoms with Crippen LogP contribution in [0.4, 0.5) is 0 Å². The number of likely N-dealkylation sites (tertiary alicyclic amines) is 1. The van der Waals surface area contributed by atoms with Gasteiger partial charge in [-0.05, 0) is 81.6 Å². The zero-order valence-corrected chi connectivity index (χ0v) is 26.2. The number of amides is 2. The van der Waals surface area contributed by atoms with Crippen LogP contribution in [0, 0.1) is 23.7 Å². The molecule has 226 valence electrons. The van der Waals surface area contributed by atoms with Gasteiger partial charge in [-0.1, -0.05) is 69.7 Å². The first-order chi connectivity index (χ1) is 19.3. The smallest absolute Gasteiger partial charge is 0.223 e. The molecular formula is C33H54ClN3O3. The average molecular weight is 576 g/mol. The van der Waals surface area contributed by atoms with E-state index in [0.717, 1.165) is 63.1 Å². The number of ether oxygens (including phenoxy) is 1. The van der Waals surface area contributed by atoms with Gasteiger partial charge >= 0.3 is 0 Å². The number of carbonyl (C=O) groups excluding carboxylic acids is 2. The highest BCUT2D eigenvalue weighted by Crippen LogP contribution is 2.41. The molecule has 0 unspecified atom stereocenters. The van der Waals surface area contributed by atoms with Crippen LogP contribution < -0.4 is 10.6 Å². The van der Waals surface area contributed by atoms with E-state index in [0.29, 0.717) is 30.5 Å². The number of carbonyl (C=O) groups is 2. The van der Waals surface area contributed by atoms with Crippen molar-refractivity contribution in [2.24, 2.45) is 23.7 Å². The summed E-state index contributed by atoms with van der Waals surface area (Å²) in [4.78, 5) is 29.2. The van der Waals surface area contributed by atoms with Gasteiger partial charge in [0.25, 0.3) is 0 Å². The predicted molar refractivity (Wildman–Crippen MR) is 164 cm³/mol. The Hall–Kier alpha value is -1.63. The first kappa shape index (κ1) is 32.9. The van der Waals surface area contributed by atoms with Crippen LogP contribution in [0.25, 0.3) is 0 Å². The number of hydrogen-bond donors (Lipinski definition) is 2. The molecule has 7 heteroatoms. The normalized spacial score (nSPS) is 20.8. The summed E-state index contributed by atoms with van der Waals surface area (Å²) >= 11 is 6.52. The minimum absolute atomic E-state index is 0.0386. The van der Waals surface area contributed by atoms with E-state index in [1.165, 1.54) is 32.1 Å². The maximum atomic E-state index is 13.8. The summed E-state index contributed by atoms with van der Waals surface area (Å²) in [5, 5.41) is 7.52. The molecule has 1 aromatic carbocycles. The lowest BCUT2D eigenvalue weighted by Gasteiger charge is -2.47. The van der Waals surface area contributed by atoms with E-state index in [9.17, 15) is 9.59 Å². The molecule has 3 atom stereocenters. The van der Waals surface area contributed by atoms with Gasteiger partial charge in [-0.15, -0.1) is 0 Å². The highest BCUT2D eigenvalue weighted by molar-refractivity contribution is 6.30. The lowest BCUT2D eigenvalue weighted by molar-refractivity contribution is -0.135. The second kappa shape index (κ2) is 16.7. The fourth-order valence-corrected chi connectivity index (χ4v) is 7.20. The second-order valence-electron chi connectivity index (χ2n) is 12.6. The summed E-state index contributed by atoms with van der Waals surface area (Å²) in [6.07, 6.45) is 12.9. The molecule has 0 bridgehead atoms. The zero-order valence-electron chi connectivity index (χ0n) is 25.5. The van der Waals surface area contributed by atoms with E-state index < -0.39 is 5.54 Å². The Labute approximate surface area is 248 Å². The molecule has 1 saturated carbocycles. The summed E-state index contributed by atoms with van der Waals surface area (Å²) in [6.45, 7) is 6.90. The maximum absolute atomic E-state index is 13.8. The van der Waals surface area contributed by atoms with Gasteiger partial charge in [0.1, 0.15) is 0 Å². The number of benzene rings is 1. The number of nitrogens with one attached hydrogen (secondary N) is 2. The van der Waals surface area contributed by atoms with Crippen LogP contribution in [0.2, 0.25) is 5.02 Å². The van der Waals surface area contributed by atoms with Crippen molar-refractivity contribution in [2.45, 2.75) is 96.4 Å². The predicted octanol–water partition coefficient (Wildman–Crippen LogP) is 6.56. The molecule has 1 aliphatic carbocycles. The Kier molecular flexibility index (Phi) is 13.7. The summed E-state index contributed by atoms with van der Waals surface area (Å²) in [7, 11) is 3.72. The van der Waals surface area contributed by atoms with E-state index in [1.807, 2.05) is 39.1 Å². The highest BCUT2D eigenvalue weighted by atomic mass is 35.5. The molecule has 0 aromatic heterocycles. The molecule has 40 heavy (non-hydrogen) atoms. The van der Waals surface area contributed by atoms with Gasteiger partial charge in [-0.3, -0.25) is 9.59 Å². The number of rotatable bonds is 15. The summed E-state index contributed by atoms with van der Waals surface area (Å²) in [5.74, 6) is 1.39. The van der Waals surface area contributed by atoms with Crippen molar-refractivity contribution >= 4 is 23.4 Å². The molecule has 1 saturated heterocycles. The minimum Gasteiger partial charge on any atom is -0.385 e. The van der Waals surface area contributed by atoms with Crippen molar-refractivity contribution in [1.29, 1.82) is 0 Å². The molecule has 0 radical (unpaired) electrons. The van der Waals surface area contributed by atoms with E-state index in [4.69, 9.17) is 16.3 Å². The average Bonchev–Trinajstić information content (AvgIpc) is 2.95. The zero-order chi connectivity index (χ0) is 29.0. The third kappa shape index (κ3) is 9.46. The molecule has 2 amide bonds. The van der Waals surface area contributed by atoms with Gasteiger partial charge in [-0.25, -0.2) is 0 Å². The van der Waals surface area contributed by atoms with Crippen LogP contribution in [-0.4, -0.2) is 57.1 Å². The van der Waals surface area contributed by atoms with Crippen LogP contribution in [0.15, 0.2) is 24.3 Å². The Bertz CT molecular complexity index is 920. The Morgan fingerprint density at radius 1 is 1.12 bits per heavy atom. The minimum atomic E-state index is -0.592. The van der Waals surface area contributed by atoms with Crippen LogP contribution in [-0.2, 0) is 19.9 Å². The lowest BCUT2D eigenvalue weighted by Crippen LogP contribution is -2.57. The van der Waals surface area contributed by atoms with Gasteiger partial charge in [0.2, 0.25) is 11.8 Å². The number of nitrogens with zero attached hydrogens (tertiary/aromatic N) is 1. The monoisotopic (exact) mass is 575 g/mol. The standard InChI is InChI=1S/C33H54ClN3O3/c1-25(2)32(39)36-33(17-8-9-19-40-4,28-14-10-16-30(34)22-28)29-15-11-18-37(24-29)31(38)21-27(23-35-3)20-26-12-6-5-7-13-26/h10,14,16,22,25-27,29,35H,5-9,11-13,15,17-21,23-24H2,1-4H3,(H,36,39)/t27-,29-,33-/m1/s1. The Morgan fingerprint density at radius 3 is 2.58 bits per heavy atom. The number of halogens is 1. The van der Waals surface area contributed by atoms with E-state index in [-0.39, 0.29) is 23.7 Å². The fourth-order valence-electron chi connectivity index (χ4n) is 7.00. The molecule has 1 aromatic rings. The topological polar surface area (TPSA) is 70.7 Å². The van der Waals surface area contributed by atoms with Crippen molar-refractivity contribution in [3.63, 3.8) is 0 Å². The Balaban J connectivity index is 1.84. The van der Waals surface area contributed by atoms with Crippen LogP contribution in [0.1, 0.15) is 96.5 Å². The number of unbranched alkanes of at least 4 members (excludes halogenated alkanes) is 1. The molecule has 6 nitrogen and oxygen atoms in total. The second-order valence-corrected chi connectivity index (χ2v) is 13.1. The largest absolute Gasteiger partial charge is 0.385 e. The van der Waals surface area contributed by atoms with Crippen molar-refractivity contribution in [3.05, 3.63) is 34.9 Å². The summed E-state index contributed by atoms with van der Waals surface area (Å²) in [5.41, 5.74) is 0.446. The molecule has 0 spiro atoms. The molecule has 1 heterocycles. The summed E-state index contributed by atoms with van der Waals surface area (Å²) < 4.78 is 5.34. The van der Waals surface area contributed by atoms with E-state index >= 15 is 0 Å². The molecular weight excluding hydrogens is 522 g/mol. The van der Waals surface area contributed by atoms with Gasteiger partial charge in [-0.2, -0.15) is 0 Å². The van der Waals surface area contributed by atoms with Crippen LogP contribution in [0.5, 0.6) is 0 Å². The lowest BCUT2D eigenvalue weighted by atomic mass is 9.70. The van der Waals surface area contributed by atoms with Crippen molar-refractivity contribution < 1.29 is 14.3 Å². The molecule has 2 fully saturated rings. The van der Waals surface area contributed by atoms with E-state index in [2.05, 4.69) is 21.6 Å². The highest BCUT2D eigenvalue weighted by Gasteiger charge is 2.44. The first-order valence-electron chi connectivity index (χ1n) is 15.8. The number of hydrogen-bond acceptors (Lipinski definition) is 4. The molecule has 1 aliphatic heterocycles. The van der Waals surface area contributed by atoms with Gasteiger partial charge in [0.05, 0.1) is 5.54 Å². The van der Waals surface area contributed by atoms with Gasteiger partial charge < -0.3 is 20.3 Å². The SMILES string of the molecule is CNC[C@@H](CC(=O)N1CCC[C@@H]([C@](CCCCOC)(NC(=O)C(C)C)c2cccc(Cl)c2)C1)CC1CCCCC1. The van der Waals surface area contributed by atoms with Crippen LogP contribution >= 0.6 is 11.6 Å². The molecule has 2 aliphatic rings. The van der Waals surface area contributed by atoms with Gasteiger partial charge in [0.15, 0.2) is 0 Å².